The summed E-state index contributed by atoms with van der Waals surface area (Å²) in [5.74, 6) is 0. The molecular weight excluding hydrogens is 619 g/mol. The van der Waals surface area contributed by atoms with E-state index in [1.54, 1.807) is 0 Å². The number of anilines is 3. The van der Waals surface area contributed by atoms with Crippen molar-refractivity contribution in [1.29, 1.82) is 0 Å². The lowest BCUT2D eigenvalue weighted by molar-refractivity contribution is 0.660. The molecule has 0 saturated heterocycles. The van der Waals surface area contributed by atoms with Crippen molar-refractivity contribution >= 4 is 49.8 Å². The topological polar surface area (TPSA) is 16.4 Å². The zero-order valence-electron chi connectivity index (χ0n) is 28.6. The zero-order valence-corrected chi connectivity index (χ0v) is 28.6. The lowest BCUT2D eigenvalue weighted by Crippen LogP contribution is -2.16. The lowest BCUT2D eigenvalue weighted by Gasteiger charge is -2.28. The number of fused-ring (bicyclic) bond motifs is 8. The van der Waals surface area contributed by atoms with Gasteiger partial charge in [-0.2, -0.15) is 0 Å². The van der Waals surface area contributed by atoms with Gasteiger partial charge in [0.2, 0.25) is 0 Å². The number of para-hydroxylation sites is 1. The molecule has 242 valence electrons. The Bertz CT molecular complexity index is 2770. The number of hydrogen-bond donors (Lipinski definition) is 0. The molecule has 8 aromatic carbocycles. The standard InChI is InChI=1S/C49H35NO/c1-49(2)45-23-12-11-21-39(45)40-26-24-37(30-46(40)49)50(35-18-7-4-8-19-35)36-25-27-47-43(29-36)44-31-42(38-20-9-10-22-41(38)48(44)51-47)34-17-13-16-33(28-34)32-14-5-3-6-15-32/h3-31H,1-2H3. The summed E-state index contributed by atoms with van der Waals surface area (Å²) in [4.78, 5) is 2.38. The first-order chi connectivity index (χ1) is 25.0. The molecule has 1 aromatic heterocycles. The van der Waals surface area contributed by atoms with Crippen LogP contribution in [0.2, 0.25) is 0 Å². The average Bonchev–Trinajstić information content (AvgIpc) is 3.67. The van der Waals surface area contributed by atoms with Crippen LogP contribution < -0.4 is 4.90 Å². The highest BCUT2D eigenvalue weighted by Gasteiger charge is 2.35. The number of nitrogens with zero attached hydrogens (tertiary/aromatic N) is 1. The Morgan fingerprint density at radius 3 is 1.88 bits per heavy atom. The van der Waals surface area contributed by atoms with E-state index in [1.807, 2.05) is 0 Å². The van der Waals surface area contributed by atoms with Gasteiger partial charge in [-0.25, -0.2) is 0 Å². The van der Waals surface area contributed by atoms with Crippen molar-refractivity contribution in [1.82, 2.24) is 0 Å². The van der Waals surface area contributed by atoms with Crippen LogP contribution in [0.3, 0.4) is 0 Å². The van der Waals surface area contributed by atoms with Crippen LogP contribution in [0.1, 0.15) is 25.0 Å². The smallest absolute Gasteiger partial charge is 0.143 e. The minimum Gasteiger partial charge on any atom is -0.455 e. The molecule has 9 aromatic rings. The van der Waals surface area contributed by atoms with Crippen LogP contribution in [0.4, 0.5) is 17.1 Å². The molecule has 0 bridgehead atoms. The van der Waals surface area contributed by atoms with Gasteiger partial charge < -0.3 is 9.32 Å². The van der Waals surface area contributed by atoms with E-state index in [9.17, 15) is 0 Å². The summed E-state index contributed by atoms with van der Waals surface area (Å²) in [6.45, 7) is 4.69. The third-order valence-corrected chi connectivity index (χ3v) is 10.8. The lowest BCUT2D eigenvalue weighted by atomic mass is 9.82. The summed E-state index contributed by atoms with van der Waals surface area (Å²) in [6.07, 6.45) is 0. The molecule has 0 unspecified atom stereocenters. The molecular formula is C49H35NO. The average molecular weight is 654 g/mol. The Labute approximate surface area is 297 Å². The summed E-state index contributed by atoms with van der Waals surface area (Å²) in [6, 6.07) is 63.6. The van der Waals surface area contributed by atoms with E-state index >= 15 is 0 Å². The normalized spacial score (nSPS) is 13.1. The molecule has 0 spiro atoms. The van der Waals surface area contributed by atoms with Crippen molar-refractivity contribution in [3.8, 4) is 33.4 Å². The molecule has 0 N–H and O–H groups in total. The maximum Gasteiger partial charge on any atom is 0.143 e. The second kappa shape index (κ2) is 11.3. The van der Waals surface area contributed by atoms with Crippen molar-refractivity contribution < 1.29 is 4.42 Å². The summed E-state index contributed by atoms with van der Waals surface area (Å²) >= 11 is 0. The highest BCUT2D eigenvalue weighted by Crippen LogP contribution is 2.51. The fourth-order valence-electron chi connectivity index (χ4n) is 8.32. The van der Waals surface area contributed by atoms with Crippen LogP contribution in [0.25, 0.3) is 66.1 Å². The van der Waals surface area contributed by atoms with E-state index in [4.69, 9.17) is 4.42 Å². The van der Waals surface area contributed by atoms with E-state index in [-0.39, 0.29) is 5.41 Å². The van der Waals surface area contributed by atoms with Crippen LogP contribution in [-0.2, 0) is 5.41 Å². The second-order valence-electron chi connectivity index (χ2n) is 14.1. The molecule has 0 saturated carbocycles. The van der Waals surface area contributed by atoms with Gasteiger partial charge in [-0.15, -0.1) is 0 Å². The van der Waals surface area contributed by atoms with E-state index in [0.717, 1.165) is 44.4 Å². The molecule has 0 fully saturated rings. The maximum atomic E-state index is 6.70. The van der Waals surface area contributed by atoms with E-state index in [1.165, 1.54) is 49.9 Å². The highest BCUT2D eigenvalue weighted by molar-refractivity contribution is 6.19. The number of furan rings is 1. The molecule has 2 nitrogen and oxygen atoms in total. The molecule has 0 amide bonds. The summed E-state index contributed by atoms with van der Waals surface area (Å²) in [7, 11) is 0. The first kappa shape index (κ1) is 29.5. The van der Waals surface area contributed by atoms with Crippen molar-refractivity contribution in [2.45, 2.75) is 19.3 Å². The van der Waals surface area contributed by atoms with Crippen LogP contribution in [0.15, 0.2) is 180 Å². The van der Waals surface area contributed by atoms with Gasteiger partial charge in [-0.05, 0) is 104 Å². The van der Waals surface area contributed by atoms with Gasteiger partial charge in [0, 0.05) is 38.6 Å². The van der Waals surface area contributed by atoms with E-state index in [2.05, 4.69) is 195 Å². The van der Waals surface area contributed by atoms with Crippen molar-refractivity contribution in [3.63, 3.8) is 0 Å². The summed E-state index contributed by atoms with van der Waals surface area (Å²) in [5.41, 5.74) is 15.2. The van der Waals surface area contributed by atoms with Gasteiger partial charge in [0.1, 0.15) is 11.2 Å². The largest absolute Gasteiger partial charge is 0.455 e. The van der Waals surface area contributed by atoms with Crippen molar-refractivity contribution in [2.75, 3.05) is 4.90 Å². The summed E-state index contributed by atoms with van der Waals surface area (Å²) in [5, 5.41) is 4.52. The van der Waals surface area contributed by atoms with Crippen molar-refractivity contribution in [2.24, 2.45) is 0 Å². The molecule has 0 atom stereocenters. The second-order valence-corrected chi connectivity index (χ2v) is 14.1. The predicted octanol–water partition coefficient (Wildman–Crippen LogP) is 13.8. The third kappa shape index (κ3) is 4.64. The van der Waals surface area contributed by atoms with Crippen LogP contribution in [-0.4, -0.2) is 0 Å². The van der Waals surface area contributed by atoms with Gasteiger partial charge in [-0.1, -0.05) is 135 Å². The van der Waals surface area contributed by atoms with Crippen LogP contribution in [0, 0.1) is 0 Å². The number of benzene rings is 8. The highest BCUT2D eigenvalue weighted by atomic mass is 16.3. The number of hydrogen-bond acceptors (Lipinski definition) is 2. The summed E-state index contributed by atoms with van der Waals surface area (Å²) < 4.78 is 6.70. The first-order valence-corrected chi connectivity index (χ1v) is 17.7. The molecule has 1 aliphatic carbocycles. The Morgan fingerprint density at radius 1 is 0.392 bits per heavy atom. The van der Waals surface area contributed by atoms with Crippen LogP contribution >= 0.6 is 0 Å². The molecule has 0 radical (unpaired) electrons. The Balaban J connectivity index is 1.17. The maximum absolute atomic E-state index is 6.70. The molecule has 1 aliphatic rings. The Kier molecular flexibility index (Phi) is 6.56. The van der Waals surface area contributed by atoms with Gasteiger partial charge >= 0.3 is 0 Å². The zero-order chi connectivity index (χ0) is 34.1. The molecule has 0 aliphatic heterocycles. The number of rotatable bonds is 5. The molecule has 10 rings (SSSR count). The van der Waals surface area contributed by atoms with Gasteiger partial charge in [0.25, 0.3) is 0 Å². The first-order valence-electron chi connectivity index (χ1n) is 17.7. The molecule has 2 heteroatoms. The molecule has 1 heterocycles. The van der Waals surface area contributed by atoms with Crippen LogP contribution in [0.5, 0.6) is 0 Å². The fraction of sp³-hybridized carbons (Fsp3) is 0.0612. The fourth-order valence-corrected chi connectivity index (χ4v) is 8.32. The quantitative estimate of drug-likeness (QED) is 0.184. The minimum atomic E-state index is -0.0930. The molecule has 51 heavy (non-hydrogen) atoms. The van der Waals surface area contributed by atoms with Gasteiger partial charge in [0.15, 0.2) is 0 Å². The van der Waals surface area contributed by atoms with E-state index in [0.29, 0.717) is 0 Å². The van der Waals surface area contributed by atoms with Gasteiger partial charge in [-0.3, -0.25) is 0 Å². The third-order valence-electron chi connectivity index (χ3n) is 10.8. The Morgan fingerprint density at radius 2 is 1.04 bits per heavy atom. The minimum absolute atomic E-state index is 0.0930. The Hall–Kier alpha value is -6.38. The monoisotopic (exact) mass is 653 g/mol. The SMILES string of the molecule is CC1(C)c2ccccc2-c2ccc(N(c3ccccc3)c3ccc4oc5c6ccccc6c(-c6cccc(-c7ccccc7)c6)cc5c4c3)cc21. The van der Waals surface area contributed by atoms with E-state index < -0.39 is 0 Å². The van der Waals surface area contributed by atoms with Gasteiger partial charge in [0.05, 0.1) is 0 Å². The predicted molar refractivity (Wildman–Crippen MR) is 214 cm³/mol. The van der Waals surface area contributed by atoms with Crippen molar-refractivity contribution in [3.05, 3.63) is 187 Å².